The Kier molecular flexibility index (Phi) is 16.4. The molecular weight excluding hydrogens is 476 g/mol. The fraction of sp³-hybridized carbons (Fsp3) is 0.562. The second-order valence-electron chi connectivity index (χ2n) is 9.91. The third-order valence-electron chi connectivity index (χ3n) is 6.39. The molecule has 38 heavy (non-hydrogen) atoms. The van der Waals surface area contributed by atoms with Gasteiger partial charge in [-0.15, -0.1) is 0 Å². The first-order valence-electron chi connectivity index (χ1n) is 14.6. The largest absolute Gasteiger partial charge is 0.624 e. The van der Waals surface area contributed by atoms with Crippen LogP contribution in [-0.2, 0) is 0 Å². The van der Waals surface area contributed by atoms with Gasteiger partial charge in [-0.3, -0.25) is 0 Å². The summed E-state index contributed by atoms with van der Waals surface area (Å²) in [5, 5.41) is 24.4. The van der Waals surface area contributed by atoms with Crippen LogP contribution in [0, 0.1) is 10.4 Å². The number of benzene rings is 2. The zero-order valence-electron chi connectivity index (χ0n) is 23.6. The first kappa shape index (κ1) is 31.2. The van der Waals surface area contributed by atoms with Crippen molar-refractivity contribution >= 4 is 12.4 Å². The predicted octanol–water partition coefficient (Wildman–Crippen LogP) is 7.72. The van der Waals surface area contributed by atoms with Crippen molar-refractivity contribution in [3.63, 3.8) is 0 Å². The minimum Gasteiger partial charge on any atom is -0.624 e. The Morgan fingerprint density at radius 2 is 0.895 bits per heavy atom. The normalized spacial score (nSPS) is 12.1. The lowest BCUT2D eigenvalue weighted by molar-refractivity contribution is -0.455. The summed E-state index contributed by atoms with van der Waals surface area (Å²) in [6.45, 7) is 6.78. The van der Waals surface area contributed by atoms with E-state index in [2.05, 4.69) is 13.8 Å². The Morgan fingerprint density at radius 3 is 1.26 bits per heavy atom. The van der Waals surface area contributed by atoms with Gasteiger partial charge in [0.15, 0.2) is 25.5 Å². The van der Waals surface area contributed by atoms with E-state index >= 15 is 0 Å². The van der Waals surface area contributed by atoms with Crippen molar-refractivity contribution in [1.29, 1.82) is 0 Å². The van der Waals surface area contributed by atoms with Gasteiger partial charge in [0.1, 0.15) is 11.5 Å². The lowest BCUT2D eigenvalue weighted by Crippen LogP contribution is -2.09. The molecule has 0 heterocycles. The Morgan fingerprint density at radius 1 is 0.526 bits per heavy atom. The van der Waals surface area contributed by atoms with Crippen molar-refractivity contribution in [2.75, 3.05) is 26.3 Å². The van der Waals surface area contributed by atoms with E-state index in [1.807, 2.05) is 48.5 Å². The molecular formula is C32H48N2O4. The molecule has 0 fully saturated rings. The molecule has 0 unspecified atom stereocenters. The fourth-order valence-electron chi connectivity index (χ4n) is 4.09. The maximum atomic E-state index is 12.2. The molecule has 0 aromatic heterocycles. The van der Waals surface area contributed by atoms with Crippen molar-refractivity contribution in [3.05, 3.63) is 70.1 Å². The minimum atomic E-state index is 0.454. The molecule has 0 radical (unpaired) electrons. The third kappa shape index (κ3) is 14.7. The van der Waals surface area contributed by atoms with Crippen molar-refractivity contribution in [3.8, 4) is 11.5 Å². The number of hydrogen-bond acceptors (Lipinski definition) is 4. The first-order chi connectivity index (χ1) is 18.6. The van der Waals surface area contributed by atoms with Crippen LogP contribution in [0.2, 0.25) is 0 Å². The number of rotatable bonds is 21. The summed E-state index contributed by atoms with van der Waals surface area (Å²) in [5.41, 5.74) is 1.75. The standard InChI is InChI=1S/C32H48N2O4/c1-3-5-7-13-25-37-31-19-15-29(16-20-31)27-33(35)23-11-9-10-12-24-34(36)28-30-17-21-32(22-18-30)38-26-14-8-6-4-2/h15-22,27-28H,3-14,23-26H2,1-2H3. The molecule has 0 saturated carbocycles. The molecule has 210 valence electrons. The monoisotopic (exact) mass is 524 g/mol. The SMILES string of the molecule is CCCCCCOc1ccc(C=[N+]([O-])CCCCCC[N+]([O-])=Cc2ccc(OCCCCCC)cc2)cc1. The smallest absolute Gasteiger partial charge is 0.181 e. The lowest BCUT2D eigenvalue weighted by atomic mass is 10.2. The highest BCUT2D eigenvalue weighted by atomic mass is 16.5. The van der Waals surface area contributed by atoms with E-state index < -0.39 is 0 Å². The van der Waals surface area contributed by atoms with Crippen LogP contribution in [0.25, 0.3) is 0 Å². The number of ether oxygens (including phenoxy) is 2. The second kappa shape index (κ2) is 20.0. The molecule has 0 bridgehead atoms. The van der Waals surface area contributed by atoms with Crippen molar-refractivity contribution < 1.29 is 19.0 Å². The van der Waals surface area contributed by atoms with E-state index in [0.717, 1.165) is 83.8 Å². The molecule has 0 saturated heterocycles. The summed E-state index contributed by atoms with van der Waals surface area (Å²) in [7, 11) is 0. The van der Waals surface area contributed by atoms with Gasteiger partial charge >= 0.3 is 0 Å². The summed E-state index contributed by atoms with van der Waals surface area (Å²) in [4.78, 5) is 0. The molecule has 0 aliphatic rings. The third-order valence-corrected chi connectivity index (χ3v) is 6.39. The van der Waals surface area contributed by atoms with Gasteiger partial charge < -0.3 is 19.9 Å². The second-order valence-corrected chi connectivity index (χ2v) is 9.91. The highest BCUT2D eigenvalue weighted by Gasteiger charge is 2.02. The highest BCUT2D eigenvalue weighted by Crippen LogP contribution is 2.13. The summed E-state index contributed by atoms with van der Waals surface area (Å²) in [5.74, 6) is 1.69. The summed E-state index contributed by atoms with van der Waals surface area (Å²) < 4.78 is 13.5. The van der Waals surface area contributed by atoms with E-state index in [1.165, 1.54) is 38.5 Å². The van der Waals surface area contributed by atoms with Crippen LogP contribution in [0.5, 0.6) is 11.5 Å². The van der Waals surface area contributed by atoms with E-state index in [4.69, 9.17) is 9.47 Å². The van der Waals surface area contributed by atoms with Crippen LogP contribution in [0.3, 0.4) is 0 Å². The Bertz CT molecular complexity index is 846. The Labute approximate surface area is 230 Å². The Hall–Kier alpha value is -3.02. The van der Waals surface area contributed by atoms with Crippen LogP contribution < -0.4 is 9.47 Å². The van der Waals surface area contributed by atoms with Crippen molar-refractivity contribution in [2.45, 2.75) is 90.9 Å². The molecule has 2 aromatic rings. The van der Waals surface area contributed by atoms with Gasteiger partial charge in [-0.05, 0) is 74.2 Å². The van der Waals surface area contributed by atoms with Gasteiger partial charge in [0.25, 0.3) is 0 Å². The highest BCUT2D eigenvalue weighted by molar-refractivity contribution is 5.76. The van der Waals surface area contributed by atoms with Crippen molar-refractivity contribution in [2.24, 2.45) is 0 Å². The maximum Gasteiger partial charge on any atom is 0.181 e. The zero-order chi connectivity index (χ0) is 27.3. The average molecular weight is 525 g/mol. The first-order valence-corrected chi connectivity index (χ1v) is 14.6. The molecule has 0 atom stereocenters. The minimum absolute atomic E-state index is 0.454. The number of hydrogen-bond donors (Lipinski definition) is 0. The van der Waals surface area contributed by atoms with E-state index in [1.54, 1.807) is 12.4 Å². The van der Waals surface area contributed by atoms with Gasteiger partial charge in [-0.1, -0.05) is 52.4 Å². The van der Waals surface area contributed by atoms with Crippen LogP contribution in [0.1, 0.15) is 102 Å². The molecule has 0 amide bonds. The van der Waals surface area contributed by atoms with Gasteiger partial charge in [0.05, 0.1) is 13.2 Å². The van der Waals surface area contributed by atoms with Gasteiger partial charge in [0.2, 0.25) is 0 Å². The predicted molar refractivity (Wildman–Crippen MR) is 158 cm³/mol. The molecule has 0 spiro atoms. The topological polar surface area (TPSA) is 70.6 Å². The van der Waals surface area contributed by atoms with Crippen LogP contribution >= 0.6 is 0 Å². The van der Waals surface area contributed by atoms with E-state index in [9.17, 15) is 10.4 Å². The van der Waals surface area contributed by atoms with Crippen LogP contribution in [0.15, 0.2) is 48.5 Å². The molecule has 0 aliphatic heterocycles. The van der Waals surface area contributed by atoms with E-state index in [0.29, 0.717) is 13.1 Å². The van der Waals surface area contributed by atoms with Gasteiger partial charge in [0, 0.05) is 24.0 Å². The summed E-state index contributed by atoms with van der Waals surface area (Å²) in [6.07, 6.45) is 16.2. The van der Waals surface area contributed by atoms with E-state index in [-0.39, 0.29) is 0 Å². The molecule has 2 aromatic carbocycles. The van der Waals surface area contributed by atoms with Crippen LogP contribution in [0.4, 0.5) is 0 Å². The number of nitrogens with zero attached hydrogens (tertiary/aromatic N) is 2. The zero-order valence-corrected chi connectivity index (χ0v) is 23.6. The summed E-state index contributed by atoms with van der Waals surface area (Å²) in [6, 6.07) is 15.3. The quantitative estimate of drug-likeness (QED) is 0.0551. The molecule has 6 nitrogen and oxygen atoms in total. The maximum absolute atomic E-state index is 12.2. The van der Waals surface area contributed by atoms with Gasteiger partial charge in [-0.2, -0.15) is 0 Å². The van der Waals surface area contributed by atoms with Gasteiger partial charge in [-0.25, -0.2) is 9.48 Å². The Balaban J connectivity index is 1.58. The fourth-order valence-corrected chi connectivity index (χ4v) is 4.09. The number of unbranched alkanes of at least 4 members (excludes halogenated alkanes) is 9. The van der Waals surface area contributed by atoms with Crippen molar-refractivity contribution in [1.82, 2.24) is 0 Å². The molecule has 2 rings (SSSR count). The average Bonchev–Trinajstić information content (AvgIpc) is 2.92. The molecule has 6 heteroatoms. The van der Waals surface area contributed by atoms with Crippen LogP contribution in [-0.4, -0.2) is 48.2 Å². The molecule has 0 N–H and O–H groups in total. The molecule has 0 aliphatic carbocycles. The lowest BCUT2D eigenvalue weighted by Gasteiger charge is -2.07. The number of hydroxylamine groups is 2. The summed E-state index contributed by atoms with van der Waals surface area (Å²) >= 11 is 0.